The zero-order valence-corrected chi connectivity index (χ0v) is 18.5. The minimum Gasteiger partial charge on any atom is -0.497 e. The van der Waals surface area contributed by atoms with Gasteiger partial charge in [0.25, 0.3) is 0 Å². The van der Waals surface area contributed by atoms with Gasteiger partial charge >= 0.3 is 0 Å². The second kappa shape index (κ2) is 10.1. The first kappa shape index (κ1) is 21.6. The molecule has 1 atom stereocenters. The Hall–Kier alpha value is -2.15. The Morgan fingerprint density at radius 2 is 1.86 bits per heavy atom. The summed E-state index contributed by atoms with van der Waals surface area (Å²) in [6.07, 6.45) is 1.52. The summed E-state index contributed by atoms with van der Waals surface area (Å²) in [4.78, 5) is 0. The highest BCUT2D eigenvalue weighted by Crippen LogP contribution is 2.30. The summed E-state index contributed by atoms with van der Waals surface area (Å²) in [7, 11) is 1.63. The van der Waals surface area contributed by atoms with E-state index in [0.29, 0.717) is 22.3 Å². The number of allylic oxidation sites excluding steroid dienone is 1. The van der Waals surface area contributed by atoms with E-state index in [9.17, 15) is 0 Å². The molecule has 0 radical (unpaired) electrons. The van der Waals surface area contributed by atoms with Gasteiger partial charge in [0, 0.05) is 22.3 Å². The van der Waals surface area contributed by atoms with Crippen molar-refractivity contribution in [2.75, 3.05) is 7.11 Å². The van der Waals surface area contributed by atoms with Crippen LogP contribution in [0, 0.1) is 0 Å². The smallest absolute Gasteiger partial charge is 0.191 e. The van der Waals surface area contributed by atoms with E-state index in [1.54, 1.807) is 24.9 Å². The predicted molar refractivity (Wildman–Crippen MR) is 118 cm³/mol. The Morgan fingerprint density at radius 1 is 1.14 bits per heavy atom. The van der Waals surface area contributed by atoms with Crippen LogP contribution < -0.4 is 9.47 Å². The number of hydrogen-bond donors (Lipinski definition) is 0. The molecule has 0 N–H and O–H groups in total. The Balaban J connectivity index is 1.75. The Labute approximate surface area is 184 Å². The third kappa shape index (κ3) is 5.47. The molecule has 0 saturated carbocycles. The first-order valence-corrected chi connectivity index (χ1v) is 10.7. The van der Waals surface area contributed by atoms with Crippen molar-refractivity contribution in [2.45, 2.75) is 30.5 Å². The van der Waals surface area contributed by atoms with E-state index in [1.165, 1.54) is 0 Å². The van der Waals surface area contributed by atoms with Crippen LogP contribution in [-0.2, 0) is 12.3 Å². The molecular weight excluding hydrogens is 429 g/mol. The van der Waals surface area contributed by atoms with Crippen molar-refractivity contribution in [3.05, 3.63) is 76.6 Å². The highest BCUT2D eigenvalue weighted by atomic mass is 35.5. The first-order valence-electron chi connectivity index (χ1n) is 8.93. The third-order valence-corrected chi connectivity index (χ3v) is 5.77. The van der Waals surface area contributed by atoms with Gasteiger partial charge in [-0.25, -0.2) is 0 Å². The second-order valence-corrected chi connectivity index (χ2v) is 7.99. The highest BCUT2D eigenvalue weighted by molar-refractivity contribution is 7.98. The molecule has 0 aliphatic heterocycles. The maximum atomic E-state index is 6.28. The number of ether oxygens (including phenoxy) is 2. The van der Waals surface area contributed by atoms with Gasteiger partial charge in [0.05, 0.1) is 7.11 Å². The van der Waals surface area contributed by atoms with Crippen molar-refractivity contribution in [3.8, 4) is 11.5 Å². The number of hydrogen-bond acceptors (Lipinski definition) is 5. The second-order valence-electron chi connectivity index (χ2n) is 6.20. The van der Waals surface area contributed by atoms with Crippen molar-refractivity contribution < 1.29 is 9.47 Å². The van der Waals surface area contributed by atoms with Crippen molar-refractivity contribution in [1.29, 1.82) is 0 Å². The van der Waals surface area contributed by atoms with Crippen molar-refractivity contribution in [3.63, 3.8) is 0 Å². The molecule has 1 heterocycles. The molecule has 3 aromatic rings. The fraction of sp³-hybridized carbons (Fsp3) is 0.238. The molecule has 0 amide bonds. The summed E-state index contributed by atoms with van der Waals surface area (Å²) < 4.78 is 13.2. The van der Waals surface area contributed by atoms with Crippen LogP contribution in [0.1, 0.15) is 24.4 Å². The molecule has 0 spiro atoms. The Bertz CT molecular complexity index is 977. The molecule has 152 valence electrons. The van der Waals surface area contributed by atoms with Gasteiger partial charge in [0.1, 0.15) is 11.5 Å². The lowest BCUT2D eigenvalue weighted by atomic mass is 10.2. The quantitative estimate of drug-likeness (QED) is 0.287. The molecule has 3 rings (SSSR count). The van der Waals surface area contributed by atoms with Crippen molar-refractivity contribution in [1.82, 2.24) is 14.8 Å². The molecule has 2 aromatic carbocycles. The van der Waals surface area contributed by atoms with Gasteiger partial charge in [0.2, 0.25) is 0 Å². The fourth-order valence-corrected chi connectivity index (χ4v) is 4.21. The minimum atomic E-state index is -0.288. The van der Waals surface area contributed by atoms with E-state index < -0.39 is 0 Å². The van der Waals surface area contributed by atoms with Crippen molar-refractivity contribution in [2.24, 2.45) is 0 Å². The number of aromatic nitrogens is 3. The lowest BCUT2D eigenvalue weighted by Gasteiger charge is -2.16. The molecule has 8 heteroatoms. The number of halogens is 2. The number of thioether (sulfide) groups is 1. The first-order chi connectivity index (χ1) is 14.0. The van der Waals surface area contributed by atoms with E-state index in [0.717, 1.165) is 28.0 Å². The minimum absolute atomic E-state index is 0.288. The zero-order chi connectivity index (χ0) is 20.8. The lowest BCUT2D eigenvalue weighted by Crippen LogP contribution is -2.12. The van der Waals surface area contributed by atoms with Crippen LogP contribution in [-0.4, -0.2) is 21.9 Å². The summed E-state index contributed by atoms with van der Waals surface area (Å²) in [5.41, 5.74) is 0.985. The number of benzene rings is 2. The molecule has 0 fully saturated rings. The molecule has 0 aliphatic carbocycles. The molecule has 1 aromatic heterocycles. The summed E-state index contributed by atoms with van der Waals surface area (Å²) in [6.45, 7) is 6.37. The zero-order valence-electron chi connectivity index (χ0n) is 16.1. The summed E-state index contributed by atoms with van der Waals surface area (Å²) in [5, 5.41) is 10.7. The number of nitrogens with zero attached hydrogens (tertiary/aromatic N) is 3. The normalized spacial score (nSPS) is 11.9. The molecule has 0 bridgehead atoms. The summed E-state index contributed by atoms with van der Waals surface area (Å²) in [5.74, 6) is 2.89. The van der Waals surface area contributed by atoms with E-state index >= 15 is 0 Å². The maximum absolute atomic E-state index is 6.28. The van der Waals surface area contributed by atoms with Crippen LogP contribution in [0.2, 0.25) is 10.0 Å². The molecular formula is C21H21Cl2N3O2S. The molecule has 1 unspecified atom stereocenters. The van der Waals surface area contributed by atoms with E-state index in [-0.39, 0.29) is 6.10 Å². The molecule has 0 aliphatic rings. The Morgan fingerprint density at radius 3 is 2.52 bits per heavy atom. The van der Waals surface area contributed by atoms with Crippen LogP contribution in [0.3, 0.4) is 0 Å². The van der Waals surface area contributed by atoms with Crippen molar-refractivity contribution >= 4 is 35.0 Å². The summed E-state index contributed by atoms with van der Waals surface area (Å²) >= 11 is 13.8. The fourth-order valence-electron chi connectivity index (χ4n) is 2.70. The van der Waals surface area contributed by atoms with Crippen LogP contribution in [0.25, 0.3) is 0 Å². The van der Waals surface area contributed by atoms with E-state index in [1.807, 2.05) is 54.0 Å². The van der Waals surface area contributed by atoms with Gasteiger partial charge < -0.3 is 9.47 Å². The topological polar surface area (TPSA) is 49.2 Å². The lowest BCUT2D eigenvalue weighted by molar-refractivity contribution is 0.210. The summed E-state index contributed by atoms with van der Waals surface area (Å²) in [6, 6.07) is 12.9. The van der Waals surface area contributed by atoms with Gasteiger partial charge in [-0.15, -0.1) is 16.8 Å². The average molecular weight is 450 g/mol. The van der Waals surface area contributed by atoms with Gasteiger partial charge in [0.15, 0.2) is 17.1 Å². The van der Waals surface area contributed by atoms with Gasteiger partial charge in [-0.1, -0.05) is 47.1 Å². The highest BCUT2D eigenvalue weighted by Gasteiger charge is 2.19. The van der Waals surface area contributed by atoms with E-state index in [2.05, 4.69) is 16.8 Å². The maximum Gasteiger partial charge on any atom is 0.191 e. The molecule has 5 nitrogen and oxygen atoms in total. The van der Waals surface area contributed by atoms with Crippen LogP contribution in [0.4, 0.5) is 0 Å². The van der Waals surface area contributed by atoms with Gasteiger partial charge in [-0.3, -0.25) is 4.57 Å². The Kier molecular flexibility index (Phi) is 7.47. The van der Waals surface area contributed by atoms with Crippen LogP contribution in [0.15, 0.2) is 60.3 Å². The monoisotopic (exact) mass is 449 g/mol. The SMILES string of the molecule is C=CCn1c(SCc2ccc(Cl)cc2Cl)nnc1C(C)Oc1ccc(OC)cc1. The average Bonchev–Trinajstić information content (AvgIpc) is 3.11. The third-order valence-electron chi connectivity index (χ3n) is 4.16. The van der Waals surface area contributed by atoms with Gasteiger partial charge in [-0.05, 0) is 48.9 Å². The standard InChI is InChI=1S/C21H21Cl2N3O2S/c1-4-11-26-20(14(2)28-18-9-7-17(27-3)8-10-18)24-25-21(26)29-13-15-5-6-16(22)12-19(15)23/h4-10,12,14H,1,11,13H2,2-3H3. The largest absolute Gasteiger partial charge is 0.497 e. The number of methoxy groups -OCH3 is 1. The van der Waals surface area contributed by atoms with E-state index in [4.69, 9.17) is 32.7 Å². The predicted octanol–water partition coefficient (Wildman–Crippen LogP) is 6.21. The van der Waals surface area contributed by atoms with Crippen LogP contribution >= 0.6 is 35.0 Å². The van der Waals surface area contributed by atoms with Gasteiger partial charge in [-0.2, -0.15) is 0 Å². The molecule has 0 saturated heterocycles. The van der Waals surface area contributed by atoms with Crippen LogP contribution in [0.5, 0.6) is 11.5 Å². The number of rotatable bonds is 9. The molecule has 29 heavy (non-hydrogen) atoms.